The van der Waals surface area contributed by atoms with E-state index in [-0.39, 0.29) is 11.9 Å². The summed E-state index contributed by atoms with van der Waals surface area (Å²) in [4.78, 5) is 15.4. The molecule has 112 valence electrons. The van der Waals surface area contributed by atoms with Gasteiger partial charge in [-0.15, -0.1) is 11.3 Å². The minimum Gasteiger partial charge on any atom is -0.495 e. The van der Waals surface area contributed by atoms with Crippen molar-refractivity contribution in [2.75, 3.05) is 20.2 Å². The van der Waals surface area contributed by atoms with Gasteiger partial charge in [0.1, 0.15) is 10.6 Å². The van der Waals surface area contributed by atoms with E-state index in [1.165, 1.54) is 11.3 Å². The molecular weight excluding hydrogens is 272 g/mol. The highest BCUT2D eigenvalue weighted by Gasteiger charge is 2.31. The monoisotopic (exact) mass is 296 g/mol. The van der Waals surface area contributed by atoms with Gasteiger partial charge in [-0.3, -0.25) is 4.79 Å². The summed E-state index contributed by atoms with van der Waals surface area (Å²) >= 11 is 1.46. The molecule has 1 aliphatic heterocycles. The van der Waals surface area contributed by atoms with Crippen molar-refractivity contribution in [3.8, 4) is 5.75 Å². The summed E-state index contributed by atoms with van der Waals surface area (Å²) in [5, 5.41) is 5.44. The first-order chi connectivity index (χ1) is 9.52. The second kappa shape index (κ2) is 6.59. The first kappa shape index (κ1) is 15.3. The molecule has 0 aliphatic carbocycles. The molecule has 0 radical (unpaired) electrons. The molecule has 0 aromatic carbocycles. The fourth-order valence-electron chi connectivity index (χ4n) is 2.68. The third kappa shape index (κ3) is 3.33. The van der Waals surface area contributed by atoms with Crippen LogP contribution >= 0.6 is 11.3 Å². The van der Waals surface area contributed by atoms with Gasteiger partial charge >= 0.3 is 0 Å². The van der Waals surface area contributed by atoms with Crippen LogP contribution in [0.5, 0.6) is 5.75 Å². The number of rotatable bonds is 4. The zero-order valence-electron chi connectivity index (χ0n) is 12.7. The molecule has 1 fully saturated rings. The molecule has 20 heavy (non-hydrogen) atoms. The molecule has 0 spiro atoms. The van der Waals surface area contributed by atoms with E-state index in [4.69, 9.17) is 4.74 Å². The van der Waals surface area contributed by atoms with Crippen molar-refractivity contribution >= 4 is 17.2 Å². The van der Waals surface area contributed by atoms with Gasteiger partial charge in [0, 0.05) is 25.2 Å². The van der Waals surface area contributed by atoms with E-state index in [0.717, 1.165) is 19.5 Å². The average molecular weight is 296 g/mol. The fourth-order valence-corrected chi connectivity index (χ4v) is 3.50. The molecule has 1 saturated heterocycles. The van der Waals surface area contributed by atoms with Gasteiger partial charge in [0.15, 0.2) is 0 Å². The first-order valence-electron chi connectivity index (χ1n) is 7.18. The number of amides is 1. The molecule has 2 heterocycles. The highest BCUT2D eigenvalue weighted by atomic mass is 32.1. The zero-order valence-corrected chi connectivity index (χ0v) is 13.5. The van der Waals surface area contributed by atoms with Gasteiger partial charge < -0.3 is 15.0 Å². The third-order valence-electron chi connectivity index (χ3n) is 3.71. The Kier molecular flexibility index (Phi) is 5.05. The van der Waals surface area contributed by atoms with Crippen LogP contribution in [0, 0.1) is 5.92 Å². The predicted octanol–water partition coefficient (Wildman–Crippen LogP) is 2.61. The number of piperazine rings is 1. The van der Waals surface area contributed by atoms with Gasteiger partial charge in [-0.05, 0) is 30.7 Å². The predicted molar refractivity (Wildman–Crippen MR) is 82.6 cm³/mol. The van der Waals surface area contributed by atoms with Crippen molar-refractivity contribution in [3.63, 3.8) is 0 Å². The molecule has 2 rings (SSSR count). The van der Waals surface area contributed by atoms with E-state index in [2.05, 4.69) is 26.1 Å². The van der Waals surface area contributed by atoms with E-state index >= 15 is 0 Å². The first-order valence-corrected chi connectivity index (χ1v) is 8.06. The molecule has 1 aromatic heterocycles. The van der Waals surface area contributed by atoms with Crippen LogP contribution in [0.1, 0.15) is 36.9 Å². The summed E-state index contributed by atoms with van der Waals surface area (Å²) in [5.41, 5.74) is 0. The van der Waals surface area contributed by atoms with Gasteiger partial charge in [0.05, 0.1) is 7.11 Å². The quantitative estimate of drug-likeness (QED) is 0.928. The zero-order chi connectivity index (χ0) is 14.7. The lowest BCUT2D eigenvalue weighted by Gasteiger charge is -2.39. The number of nitrogens with one attached hydrogen (secondary N) is 1. The molecule has 0 saturated carbocycles. The Morgan fingerprint density at radius 3 is 3.00 bits per heavy atom. The van der Waals surface area contributed by atoms with Crippen LogP contribution in [0.4, 0.5) is 0 Å². The van der Waals surface area contributed by atoms with Crippen molar-refractivity contribution in [2.24, 2.45) is 5.92 Å². The van der Waals surface area contributed by atoms with Gasteiger partial charge in [0.2, 0.25) is 0 Å². The standard InChI is InChI=1S/C15H24N2O2S/c1-10(2)7-12-9-17(11(3)8-16-12)15(18)14-13(19-4)5-6-20-14/h5-6,10-12,16H,7-9H2,1-4H3. The highest BCUT2D eigenvalue weighted by molar-refractivity contribution is 7.12. The second-order valence-electron chi connectivity index (χ2n) is 5.86. The molecule has 2 unspecified atom stereocenters. The van der Waals surface area contributed by atoms with Crippen molar-refractivity contribution in [3.05, 3.63) is 16.3 Å². The molecule has 1 N–H and O–H groups in total. The van der Waals surface area contributed by atoms with Crippen molar-refractivity contribution in [1.82, 2.24) is 10.2 Å². The fraction of sp³-hybridized carbons (Fsp3) is 0.667. The maximum atomic E-state index is 12.7. The van der Waals surface area contributed by atoms with Crippen LogP contribution in [0.2, 0.25) is 0 Å². The van der Waals surface area contributed by atoms with Crippen molar-refractivity contribution < 1.29 is 9.53 Å². The average Bonchev–Trinajstić information content (AvgIpc) is 2.88. The number of ether oxygens (including phenoxy) is 1. The van der Waals surface area contributed by atoms with Crippen LogP contribution in [0.25, 0.3) is 0 Å². The van der Waals surface area contributed by atoms with E-state index in [9.17, 15) is 4.79 Å². The number of nitrogens with zero attached hydrogens (tertiary/aromatic N) is 1. The van der Waals surface area contributed by atoms with E-state index in [1.54, 1.807) is 7.11 Å². The molecule has 1 aromatic rings. The smallest absolute Gasteiger partial charge is 0.268 e. The number of hydrogen-bond acceptors (Lipinski definition) is 4. The summed E-state index contributed by atoms with van der Waals surface area (Å²) in [6.45, 7) is 8.16. The van der Waals surface area contributed by atoms with Crippen LogP contribution in [0.15, 0.2) is 11.4 Å². The maximum absolute atomic E-state index is 12.7. The normalized spacial score (nSPS) is 23.1. The van der Waals surface area contributed by atoms with Crippen molar-refractivity contribution in [2.45, 2.75) is 39.3 Å². The van der Waals surface area contributed by atoms with Gasteiger partial charge in [-0.1, -0.05) is 13.8 Å². The van der Waals surface area contributed by atoms with Gasteiger partial charge in [-0.25, -0.2) is 0 Å². The topological polar surface area (TPSA) is 41.6 Å². The third-order valence-corrected chi connectivity index (χ3v) is 4.59. The number of carbonyl (C=O) groups is 1. The summed E-state index contributed by atoms with van der Waals surface area (Å²) < 4.78 is 5.27. The highest BCUT2D eigenvalue weighted by Crippen LogP contribution is 2.27. The van der Waals surface area contributed by atoms with Crippen LogP contribution in [-0.4, -0.2) is 43.1 Å². The largest absolute Gasteiger partial charge is 0.495 e. The SMILES string of the molecule is COc1ccsc1C(=O)N1CC(CC(C)C)NCC1C. The van der Waals surface area contributed by atoms with Crippen LogP contribution < -0.4 is 10.1 Å². The minimum absolute atomic E-state index is 0.0969. The van der Waals surface area contributed by atoms with E-state index in [1.807, 2.05) is 16.3 Å². The molecule has 4 nitrogen and oxygen atoms in total. The minimum atomic E-state index is 0.0969. The summed E-state index contributed by atoms with van der Waals surface area (Å²) in [5.74, 6) is 1.42. The van der Waals surface area contributed by atoms with Crippen molar-refractivity contribution in [1.29, 1.82) is 0 Å². The second-order valence-corrected chi connectivity index (χ2v) is 6.78. The Morgan fingerprint density at radius 2 is 2.35 bits per heavy atom. The van der Waals surface area contributed by atoms with E-state index in [0.29, 0.717) is 22.6 Å². The van der Waals surface area contributed by atoms with Gasteiger partial charge in [-0.2, -0.15) is 0 Å². The summed E-state index contributed by atoms with van der Waals surface area (Å²) in [6, 6.07) is 2.47. The Balaban J connectivity index is 2.11. The molecule has 1 amide bonds. The number of hydrogen-bond donors (Lipinski definition) is 1. The number of carbonyl (C=O) groups excluding carboxylic acids is 1. The summed E-state index contributed by atoms with van der Waals surface area (Å²) in [6.07, 6.45) is 1.10. The Bertz CT molecular complexity index is 458. The molecular formula is C15H24N2O2S. The molecule has 2 atom stereocenters. The number of methoxy groups -OCH3 is 1. The molecule has 0 bridgehead atoms. The number of thiophene rings is 1. The van der Waals surface area contributed by atoms with Gasteiger partial charge in [0.25, 0.3) is 5.91 Å². The lowest BCUT2D eigenvalue weighted by atomic mass is 10.00. The lowest BCUT2D eigenvalue weighted by molar-refractivity contribution is 0.0597. The summed E-state index contributed by atoms with van der Waals surface area (Å²) in [7, 11) is 1.61. The Hall–Kier alpha value is -1.07. The van der Waals surface area contributed by atoms with Crippen LogP contribution in [0.3, 0.4) is 0 Å². The van der Waals surface area contributed by atoms with Crippen LogP contribution in [-0.2, 0) is 0 Å². The lowest BCUT2D eigenvalue weighted by Crippen LogP contribution is -2.57. The molecule has 1 aliphatic rings. The van der Waals surface area contributed by atoms with E-state index < -0.39 is 0 Å². The molecule has 5 heteroatoms. The maximum Gasteiger partial charge on any atom is 0.268 e. The Labute approximate surface area is 125 Å². The Morgan fingerprint density at radius 1 is 1.60 bits per heavy atom.